The fourth-order valence-electron chi connectivity index (χ4n) is 3.26. The standard InChI is InChI=1S/C15H20N4O3/c20-14(16-12-2-1-7-15(12)21-8-9-22-15)17-13-6-5-11(18-19-13)10-3-4-10/h5-6,10,12H,1-4,7-9H2,(H2,16,17,19,20). The Morgan fingerprint density at radius 3 is 2.68 bits per heavy atom. The van der Waals surface area contributed by atoms with Crippen LogP contribution in [0.4, 0.5) is 10.6 Å². The highest BCUT2D eigenvalue weighted by Crippen LogP contribution is 2.39. The lowest BCUT2D eigenvalue weighted by Crippen LogP contribution is -2.51. The summed E-state index contributed by atoms with van der Waals surface area (Å²) in [5.41, 5.74) is 1.01. The van der Waals surface area contributed by atoms with Crippen LogP contribution in [0.25, 0.3) is 0 Å². The second-order valence-electron chi connectivity index (χ2n) is 6.17. The highest BCUT2D eigenvalue weighted by Gasteiger charge is 2.48. The van der Waals surface area contributed by atoms with Crippen molar-refractivity contribution < 1.29 is 14.3 Å². The number of rotatable bonds is 3. The van der Waals surface area contributed by atoms with Crippen LogP contribution in [0.5, 0.6) is 0 Å². The smallest absolute Gasteiger partial charge is 0.320 e. The van der Waals surface area contributed by atoms with Crippen molar-refractivity contribution in [1.82, 2.24) is 15.5 Å². The number of hydrogen-bond acceptors (Lipinski definition) is 5. The summed E-state index contributed by atoms with van der Waals surface area (Å²) in [7, 11) is 0. The van der Waals surface area contributed by atoms with Gasteiger partial charge in [-0.1, -0.05) is 0 Å². The third-order valence-electron chi connectivity index (χ3n) is 4.55. The van der Waals surface area contributed by atoms with E-state index in [-0.39, 0.29) is 12.1 Å². The Hall–Kier alpha value is -1.73. The van der Waals surface area contributed by atoms with Gasteiger partial charge in [0.2, 0.25) is 0 Å². The number of nitrogens with zero attached hydrogens (tertiary/aromatic N) is 2. The van der Waals surface area contributed by atoms with Crippen molar-refractivity contribution in [2.24, 2.45) is 0 Å². The predicted octanol–water partition coefficient (Wildman–Crippen LogP) is 1.77. The van der Waals surface area contributed by atoms with Crippen molar-refractivity contribution in [1.29, 1.82) is 0 Å². The molecule has 2 saturated carbocycles. The number of carbonyl (C=O) groups excluding carboxylic acids is 1. The van der Waals surface area contributed by atoms with Crippen LogP contribution in [-0.4, -0.2) is 41.3 Å². The Morgan fingerprint density at radius 2 is 2.00 bits per heavy atom. The number of hydrogen-bond donors (Lipinski definition) is 2. The quantitative estimate of drug-likeness (QED) is 0.889. The van der Waals surface area contributed by atoms with E-state index in [0.717, 1.165) is 25.0 Å². The van der Waals surface area contributed by atoms with Gasteiger partial charge < -0.3 is 14.8 Å². The number of urea groups is 1. The van der Waals surface area contributed by atoms with E-state index in [1.807, 2.05) is 6.07 Å². The maximum absolute atomic E-state index is 12.1. The molecule has 2 heterocycles. The first-order chi connectivity index (χ1) is 10.8. The lowest BCUT2D eigenvalue weighted by atomic mass is 10.1. The molecule has 7 heteroatoms. The fraction of sp³-hybridized carbons (Fsp3) is 0.667. The molecule has 2 N–H and O–H groups in total. The average Bonchev–Trinajstić information content (AvgIpc) is 3.15. The van der Waals surface area contributed by atoms with Gasteiger partial charge in [0.25, 0.3) is 0 Å². The van der Waals surface area contributed by atoms with Crippen LogP contribution in [0.1, 0.15) is 43.7 Å². The molecule has 3 aliphatic rings. The molecule has 22 heavy (non-hydrogen) atoms. The molecule has 2 aliphatic carbocycles. The summed E-state index contributed by atoms with van der Waals surface area (Å²) in [6.07, 6.45) is 5.05. The van der Waals surface area contributed by atoms with E-state index in [9.17, 15) is 4.79 Å². The van der Waals surface area contributed by atoms with Crippen molar-refractivity contribution in [3.63, 3.8) is 0 Å². The molecular weight excluding hydrogens is 284 g/mol. The molecule has 1 spiro atoms. The maximum Gasteiger partial charge on any atom is 0.320 e. The van der Waals surface area contributed by atoms with Gasteiger partial charge >= 0.3 is 6.03 Å². The van der Waals surface area contributed by atoms with Crippen molar-refractivity contribution in [2.45, 2.75) is 49.9 Å². The lowest BCUT2D eigenvalue weighted by Gasteiger charge is -2.29. The van der Waals surface area contributed by atoms with Gasteiger partial charge in [-0.2, -0.15) is 5.10 Å². The van der Waals surface area contributed by atoms with Gasteiger partial charge in [-0.15, -0.1) is 5.10 Å². The van der Waals surface area contributed by atoms with Crippen LogP contribution in [0.2, 0.25) is 0 Å². The van der Waals surface area contributed by atoms with Crippen LogP contribution in [0.15, 0.2) is 12.1 Å². The van der Waals surface area contributed by atoms with Gasteiger partial charge in [0.1, 0.15) is 0 Å². The molecule has 1 atom stereocenters. The zero-order chi connectivity index (χ0) is 15.0. The van der Waals surface area contributed by atoms with E-state index < -0.39 is 5.79 Å². The van der Waals surface area contributed by atoms with E-state index in [4.69, 9.17) is 9.47 Å². The molecule has 3 fully saturated rings. The van der Waals surface area contributed by atoms with E-state index in [0.29, 0.717) is 24.9 Å². The Morgan fingerprint density at radius 1 is 1.18 bits per heavy atom. The molecule has 1 saturated heterocycles. The summed E-state index contributed by atoms with van der Waals surface area (Å²) in [5.74, 6) is 0.395. The number of ether oxygens (including phenoxy) is 2. The predicted molar refractivity (Wildman–Crippen MR) is 78.4 cm³/mol. The molecule has 1 aromatic heterocycles. The SMILES string of the molecule is O=C(Nc1ccc(C2CC2)nn1)NC1CCCC12OCCO2. The molecule has 1 aliphatic heterocycles. The first kappa shape index (κ1) is 13.9. The first-order valence-corrected chi connectivity index (χ1v) is 7.94. The summed E-state index contributed by atoms with van der Waals surface area (Å²) >= 11 is 0. The molecule has 118 valence electrons. The Labute approximate surface area is 128 Å². The second kappa shape index (κ2) is 5.48. The maximum atomic E-state index is 12.1. The number of nitrogens with one attached hydrogen (secondary N) is 2. The number of anilines is 1. The topological polar surface area (TPSA) is 85.4 Å². The summed E-state index contributed by atoms with van der Waals surface area (Å²) in [6.45, 7) is 1.18. The molecule has 4 rings (SSSR count). The highest BCUT2D eigenvalue weighted by atomic mass is 16.7. The fourth-order valence-corrected chi connectivity index (χ4v) is 3.26. The van der Waals surface area contributed by atoms with E-state index in [1.165, 1.54) is 12.8 Å². The summed E-state index contributed by atoms with van der Waals surface area (Å²) < 4.78 is 11.4. The average molecular weight is 304 g/mol. The molecule has 7 nitrogen and oxygen atoms in total. The van der Waals surface area contributed by atoms with Crippen molar-refractivity contribution >= 4 is 11.8 Å². The third kappa shape index (κ3) is 2.66. The molecular formula is C15H20N4O3. The van der Waals surface area contributed by atoms with E-state index in [2.05, 4.69) is 20.8 Å². The van der Waals surface area contributed by atoms with Crippen LogP contribution >= 0.6 is 0 Å². The minimum Gasteiger partial charge on any atom is -0.346 e. The Kier molecular flexibility index (Phi) is 3.46. The first-order valence-electron chi connectivity index (χ1n) is 7.94. The van der Waals surface area contributed by atoms with Gasteiger partial charge in [0.15, 0.2) is 11.6 Å². The molecule has 0 bridgehead atoms. The van der Waals surface area contributed by atoms with Gasteiger partial charge in [0.05, 0.1) is 24.9 Å². The summed E-state index contributed by atoms with van der Waals surface area (Å²) in [6, 6.07) is 3.32. The minimum atomic E-state index is -0.626. The van der Waals surface area contributed by atoms with Crippen LogP contribution < -0.4 is 10.6 Å². The second-order valence-corrected chi connectivity index (χ2v) is 6.17. The van der Waals surface area contributed by atoms with E-state index in [1.54, 1.807) is 6.07 Å². The monoisotopic (exact) mass is 304 g/mol. The number of carbonyl (C=O) groups is 1. The summed E-state index contributed by atoms with van der Waals surface area (Å²) in [4.78, 5) is 12.1. The summed E-state index contributed by atoms with van der Waals surface area (Å²) in [5, 5.41) is 13.9. The van der Waals surface area contributed by atoms with Crippen molar-refractivity contribution in [3.8, 4) is 0 Å². The lowest BCUT2D eigenvalue weighted by molar-refractivity contribution is -0.164. The molecule has 2 amide bonds. The largest absolute Gasteiger partial charge is 0.346 e. The van der Waals surface area contributed by atoms with Gasteiger partial charge in [0, 0.05) is 12.3 Å². The molecule has 0 radical (unpaired) electrons. The van der Waals surface area contributed by atoms with Gasteiger partial charge in [-0.25, -0.2) is 4.79 Å². The van der Waals surface area contributed by atoms with Gasteiger partial charge in [-0.05, 0) is 37.8 Å². The number of amides is 2. The molecule has 0 aromatic carbocycles. The van der Waals surface area contributed by atoms with Crippen LogP contribution in [0, 0.1) is 0 Å². The van der Waals surface area contributed by atoms with Crippen LogP contribution in [0.3, 0.4) is 0 Å². The Balaban J connectivity index is 1.35. The van der Waals surface area contributed by atoms with Crippen molar-refractivity contribution in [2.75, 3.05) is 18.5 Å². The molecule has 1 unspecified atom stereocenters. The van der Waals surface area contributed by atoms with Crippen LogP contribution in [-0.2, 0) is 9.47 Å². The van der Waals surface area contributed by atoms with Crippen molar-refractivity contribution in [3.05, 3.63) is 17.8 Å². The minimum absolute atomic E-state index is 0.117. The zero-order valence-electron chi connectivity index (χ0n) is 12.4. The van der Waals surface area contributed by atoms with E-state index >= 15 is 0 Å². The molecule has 1 aromatic rings. The normalized spacial score (nSPS) is 26.3. The number of aromatic nitrogens is 2. The zero-order valence-corrected chi connectivity index (χ0v) is 12.4. The Bertz CT molecular complexity index is 547. The third-order valence-corrected chi connectivity index (χ3v) is 4.55. The highest BCUT2D eigenvalue weighted by molar-refractivity contribution is 5.88. The van der Waals surface area contributed by atoms with Gasteiger partial charge in [-0.3, -0.25) is 5.32 Å².